The minimum atomic E-state index is -0.344. The van der Waals surface area contributed by atoms with Crippen LogP contribution in [0.1, 0.15) is 60.3 Å². The number of aldehydes is 1. The van der Waals surface area contributed by atoms with Crippen molar-refractivity contribution < 1.29 is 9.59 Å². The van der Waals surface area contributed by atoms with Crippen LogP contribution in [0, 0.1) is 5.41 Å². The number of thiophene rings is 1. The lowest BCUT2D eigenvalue weighted by atomic mass is 9.76. The number of unbranched alkanes of at least 4 members (excludes halogenated alkanes) is 1. The number of rotatable bonds is 9. The van der Waals surface area contributed by atoms with E-state index in [2.05, 4.69) is 13.8 Å². The highest BCUT2D eigenvalue weighted by Crippen LogP contribution is 2.34. The van der Waals surface area contributed by atoms with Crippen LogP contribution in [0.15, 0.2) is 41.8 Å². The lowest BCUT2D eigenvalue weighted by Gasteiger charge is -2.26. The van der Waals surface area contributed by atoms with Crippen LogP contribution in [0.4, 0.5) is 0 Å². The van der Waals surface area contributed by atoms with Crippen LogP contribution in [-0.4, -0.2) is 12.1 Å². The molecule has 1 aromatic heterocycles. The van der Waals surface area contributed by atoms with Crippen LogP contribution in [0.2, 0.25) is 0 Å². The molecule has 0 saturated heterocycles. The van der Waals surface area contributed by atoms with E-state index in [1.807, 2.05) is 41.8 Å². The third-order valence-electron chi connectivity index (χ3n) is 4.51. The highest BCUT2D eigenvalue weighted by atomic mass is 32.1. The van der Waals surface area contributed by atoms with Crippen LogP contribution in [-0.2, 0) is 11.2 Å². The second-order valence-electron chi connectivity index (χ2n) is 6.08. The lowest BCUT2D eigenvalue weighted by Crippen LogP contribution is -2.25. The van der Waals surface area contributed by atoms with E-state index in [1.54, 1.807) is 0 Å². The van der Waals surface area contributed by atoms with E-state index in [4.69, 9.17) is 0 Å². The summed E-state index contributed by atoms with van der Waals surface area (Å²) in [5.41, 5.74) is 1.37. The second kappa shape index (κ2) is 8.21. The number of carbonyl (C=O) groups is 2. The predicted molar refractivity (Wildman–Crippen MR) is 96.2 cm³/mol. The first-order chi connectivity index (χ1) is 11.2. The number of hydrogen-bond acceptors (Lipinski definition) is 3. The zero-order valence-corrected chi connectivity index (χ0v) is 14.7. The van der Waals surface area contributed by atoms with Crippen LogP contribution in [0.5, 0.6) is 0 Å². The normalized spacial score (nSPS) is 13.5. The van der Waals surface area contributed by atoms with Gasteiger partial charge in [-0.3, -0.25) is 4.79 Å². The SMILES string of the molecule is CCCCC(C=O)(CC)Cc1ccsc1C(=O)c1ccccc1. The summed E-state index contributed by atoms with van der Waals surface area (Å²) in [4.78, 5) is 25.3. The summed E-state index contributed by atoms with van der Waals surface area (Å²) in [5.74, 6) is 0.0574. The molecule has 0 aliphatic carbocycles. The molecule has 0 N–H and O–H groups in total. The van der Waals surface area contributed by atoms with Crippen molar-refractivity contribution in [1.82, 2.24) is 0 Å². The summed E-state index contributed by atoms with van der Waals surface area (Å²) < 4.78 is 0. The second-order valence-corrected chi connectivity index (χ2v) is 7.00. The molecule has 0 aliphatic rings. The monoisotopic (exact) mass is 328 g/mol. The quantitative estimate of drug-likeness (QED) is 0.462. The van der Waals surface area contributed by atoms with Gasteiger partial charge in [-0.15, -0.1) is 11.3 Å². The van der Waals surface area contributed by atoms with Gasteiger partial charge in [-0.25, -0.2) is 0 Å². The molecule has 0 saturated carbocycles. The average molecular weight is 328 g/mol. The van der Waals surface area contributed by atoms with E-state index < -0.39 is 0 Å². The molecule has 0 radical (unpaired) electrons. The van der Waals surface area contributed by atoms with Crippen molar-refractivity contribution in [1.29, 1.82) is 0 Å². The lowest BCUT2D eigenvalue weighted by molar-refractivity contribution is -0.116. The van der Waals surface area contributed by atoms with E-state index in [0.29, 0.717) is 12.0 Å². The van der Waals surface area contributed by atoms with Gasteiger partial charge in [-0.05, 0) is 36.3 Å². The van der Waals surface area contributed by atoms with E-state index in [1.165, 1.54) is 11.3 Å². The van der Waals surface area contributed by atoms with Gasteiger partial charge < -0.3 is 4.79 Å². The predicted octanol–water partition coefficient (Wildman–Crippen LogP) is 5.31. The molecule has 0 spiro atoms. The van der Waals surface area contributed by atoms with Crippen LogP contribution in [0.25, 0.3) is 0 Å². The first-order valence-corrected chi connectivity index (χ1v) is 9.16. The van der Waals surface area contributed by atoms with Crippen molar-refractivity contribution in [3.05, 3.63) is 57.8 Å². The summed E-state index contributed by atoms with van der Waals surface area (Å²) in [7, 11) is 0. The molecule has 23 heavy (non-hydrogen) atoms. The van der Waals surface area contributed by atoms with Crippen LogP contribution < -0.4 is 0 Å². The number of hydrogen-bond donors (Lipinski definition) is 0. The summed E-state index contributed by atoms with van der Waals surface area (Å²) >= 11 is 1.47. The molecule has 2 aromatic rings. The molecule has 1 unspecified atom stereocenters. The van der Waals surface area contributed by atoms with E-state index in [0.717, 1.165) is 42.4 Å². The Hall–Kier alpha value is -1.74. The van der Waals surface area contributed by atoms with Crippen molar-refractivity contribution in [3.8, 4) is 0 Å². The minimum Gasteiger partial charge on any atom is -0.303 e. The zero-order valence-electron chi connectivity index (χ0n) is 13.9. The molecule has 3 heteroatoms. The van der Waals surface area contributed by atoms with Crippen molar-refractivity contribution in [2.24, 2.45) is 5.41 Å². The van der Waals surface area contributed by atoms with Gasteiger partial charge in [0.2, 0.25) is 5.78 Å². The Labute approximate surface area is 142 Å². The van der Waals surface area contributed by atoms with Crippen molar-refractivity contribution in [3.63, 3.8) is 0 Å². The van der Waals surface area contributed by atoms with E-state index in [-0.39, 0.29) is 11.2 Å². The van der Waals surface area contributed by atoms with Gasteiger partial charge in [0.1, 0.15) is 6.29 Å². The fourth-order valence-electron chi connectivity index (χ4n) is 2.88. The molecule has 0 bridgehead atoms. The maximum Gasteiger partial charge on any atom is 0.203 e. The Kier molecular flexibility index (Phi) is 6.28. The number of benzene rings is 1. The topological polar surface area (TPSA) is 34.1 Å². The van der Waals surface area contributed by atoms with Gasteiger partial charge in [-0.1, -0.05) is 57.0 Å². The van der Waals surface area contributed by atoms with Gasteiger partial charge in [0.15, 0.2) is 0 Å². The first kappa shape index (κ1) is 17.6. The van der Waals surface area contributed by atoms with Crippen LogP contribution in [0.3, 0.4) is 0 Å². The third-order valence-corrected chi connectivity index (χ3v) is 5.47. The molecular formula is C20H24O2S. The van der Waals surface area contributed by atoms with Crippen molar-refractivity contribution >= 4 is 23.4 Å². The number of carbonyl (C=O) groups excluding carboxylic acids is 2. The van der Waals surface area contributed by atoms with E-state index >= 15 is 0 Å². The standard InChI is InChI=1S/C20H24O2S/c1-3-5-12-20(4-2,15-21)14-17-11-13-23-19(17)18(22)16-9-7-6-8-10-16/h6-11,13,15H,3-5,12,14H2,1-2H3. The highest BCUT2D eigenvalue weighted by molar-refractivity contribution is 7.12. The smallest absolute Gasteiger partial charge is 0.203 e. The molecule has 2 rings (SSSR count). The third kappa shape index (κ3) is 4.17. The maximum absolute atomic E-state index is 12.7. The Morgan fingerprint density at radius 3 is 2.52 bits per heavy atom. The highest BCUT2D eigenvalue weighted by Gasteiger charge is 2.29. The molecule has 1 heterocycles. The molecule has 1 atom stereocenters. The van der Waals surface area contributed by atoms with Gasteiger partial charge >= 0.3 is 0 Å². The van der Waals surface area contributed by atoms with Crippen LogP contribution >= 0.6 is 11.3 Å². The summed E-state index contributed by atoms with van der Waals surface area (Å²) in [6.45, 7) is 4.20. The average Bonchev–Trinajstić information content (AvgIpc) is 3.06. The van der Waals surface area contributed by atoms with Gasteiger partial charge in [-0.2, -0.15) is 0 Å². The van der Waals surface area contributed by atoms with E-state index in [9.17, 15) is 9.59 Å². The largest absolute Gasteiger partial charge is 0.303 e. The number of ketones is 1. The molecule has 0 amide bonds. The fraction of sp³-hybridized carbons (Fsp3) is 0.400. The molecule has 1 aromatic carbocycles. The molecular weight excluding hydrogens is 304 g/mol. The summed E-state index contributed by atoms with van der Waals surface area (Å²) in [6.07, 6.45) is 5.58. The Bertz CT molecular complexity index is 645. The summed E-state index contributed by atoms with van der Waals surface area (Å²) in [5, 5.41) is 1.95. The molecule has 0 fully saturated rings. The Balaban J connectivity index is 2.26. The van der Waals surface area contributed by atoms with Gasteiger partial charge in [0, 0.05) is 11.0 Å². The van der Waals surface area contributed by atoms with Gasteiger partial charge in [0.05, 0.1) is 4.88 Å². The Morgan fingerprint density at radius 1 is 1.17 bits per heavy atom. The summed E-state index contributed by atoms with van der Waals surface area (Å²) in [6, 6.07) is 11.4. The Morgan fingerprint density at radius 2 is 1.91 bits per heavy atom. The van der Waals surface area contributed by atoms with Crippen molar-refractivity contribution in [2.45, 2.75) is 46.0 Å². The maximum atomic E-state index is 12.7. The zero-order chi connectivity index (χ0) is 16.7. The first-order valence-electron chi connectivity index (χ1n) is 8.28. The molecule has 0 aliphatic heterocycles. The van der Waals surface area contributed by atoms with Crippen molar-refractivity contribution in [2.75, 3.05) is 0 Å². The molecule has 122 valence electrons. The van der Waals surface area contributed by atoms with Gasteiger partial charge in [0.25, 0.3) is 0 Å². The minimum absolute atomic E-state index is 0.0574. The molecule has 2 nitrogen and oxygen atoms in total. The fourth-order valence-corrected chi connectivity index (χ4v) is 3.76.